The summed E-state index contributed by atoms with van der Waals surface area (Å²) in [7, 11) is 0. The molecular formula is C62H47N3S. The third-order valence-corrected chi connectivity index (χ3v) is 13.5. The number of anilines is 9. The van der Waals surface area contributed by atoms with Crippen LogP contribution in [0.5, 0.6) is 0 Å². The molecule has 0 aliphatic heterocycles. The largest absolute Gasteiger partial charge is 0.310 e. The Morgan fingerprint density at radius 3 is 1.20 bits per heavy atom. The van der Waals surface area contributed by atoms with Gasteiger partial charge in [0.05, 0.1) is 17.1 Å². The lowest BCUT2D eigenvalue weighted by Crippen LogP contribution is -2.16. The molecule has 0 saturated carbocycles. The molecule has 0 N–H and O–H groups in total. The highest BCUT2D eigenvalue weighted by molar-refractivity contribution is 7.26. The Kier molecular flexibility index (Phi) is 10.9. The van der Waals surface area contributed by atoms with E-state index in [0.717, 1.165) is 51.2 Å². The summed E-state index contributed by atoms with van der Waals surface area (Å²) < 4.78 is 2.62. The Morgan fingerprint density at radius 2 is 0.667 bits per heavy atom. The molecule has 0 radical (unpaired) electrons. The van der Waals surface area contributed by atoms with E-state index in [-0.39, 0.29) is 0 Å². The van der Waals surface area contributed by atoms with Gasteiger partial charge in [0.2, 0.25) is 0 Å². The van der Waals surface area contributed by atoms with Gasteiger partial charge in [0.25, 0.3) is 0 Å². The number of benzene rings is 10. The first-order chi connectivity index (χ1) is 32.5. The summed E-state index contributed by atoms with van der Waals surface area (Å²) in [6.45, 7) is 4.32. The monoisotopic (exact) mass is 865 g/mol. The molecule has 1 aromatic heterocycles. The lowest BCUT2D eigenvalue weighted by Gasteiger charge is -2.33. The molecule has 0 fully saturated rings. The minimum absolute atomic E-state index is 1.02. The molecule has 4 heteroatoms. The first-order valence-electron chi connectivity index (χ1n) is 22.5. The molecule has 1 heterocycles. The maximum atomic E-state index is 2.41. The lowest BCUT2D eigenvalue weighted by atomic mass is 10.0. The Balaban J connectivity index is 1.14. The smallest absolute Gasteiger partial charge is 0.0503 e. The fourth-order valence-electron chi connectivity index (χ4n) is 9.19. The number of rotatable bonds is 11. The van der Waals surface area contributed by atoms with Crippen LogP contribution >= 0.6 is 11.3 Å². The van der Waals surface area contributed by atoms with Crippen molar-refractivity contribution < 1.29 is 0 Å². The van der Waals surface area contributed by atoms with Crippen LogP contribution in [-0.4, -0.2) is 0 Å². The summed E-state index contributed by atoms with van der Waals surface area (Å²) >= 11 is 1.87. The first kappa shape index (κ1) is 40.6. The molecule has 11 aromatic rings. The molecule has 0 spiro atoms. The Bertz CT molecular complexity index is 3330. The second kappa shape index (κ2) is 17.8. The number of hydrogen-bond acceptors (Lipinski definition) is 4. The quantitative estimate of drug-likeness (QED) is 0.128. The van der Waals surface area contributed by atoms with Crippen molar-refractivity contribution in [1.29, 1.82) is 0 Å². The van der Waals surface area contributed by atoms with Crippen molar-refractivity contribution >= 4 is 82.7 Å². The second-order valence-corrected chi connectivity index (χ2v) is 17.9. The predicted octanol–water partition coefficient (Wildman–Crippen LogP) is 18.4. The van der Waals surface area contributed by atoms with Gasteiger partial charge in [0.15, 0.2) is 0 Å². The van der Waals surface area contributed by atoms with Gasteiger partial charge in [-0.2, -0.15) is 0 Å². The van der Waals surface area contributed by atoms with Crippen LogP contribution in [0.1, 0.15) is 11.1 Å². The topological polar surface area (TPSA) is 9.72 Å². The van der Waals surface area contributed by atoms with Crippen LogP contribution in [0.15, 0.2) is 249 Å². The molecule has 0 bridgehead atoms. The highest BCUT2D eigenvalue weighted by atomic mass is 32.1. The van der Waals surface area contributed by atoms with Crippen LogP contribution in [0.4, 0.5) is 51.2 Å². The molecule has 0 saturated heterocycles. The standard InChI is InChI=1S/C62H47N3S/c1-44-17-14-25-53(39-44)64(49-21-8-4-9-22-49)56-41-55(42-57(43-56)65(50-23-10-5-11-24-50)54-26-15-18-45(2)40-54)63(51-35-31-47(32-36-51)46-19-6-3-7-20-46)52-37-33-48(34-38-52)58-28-16-29-60-59-27-12-13-30-61(59)66-62(58)60/h3-43H,1-2H3. The molecule has 10 aromatic carbocycles. The minimum Gasteiger partial charge on any atom is -0.310 e. The fraction of sp³-hybridized carbons (Fsp3) is 0.0323. The van der Waals surface area contributed by atoms with Gasteiger partial charge < -0.3 is 14.7 Å². The highest BCUT2D eigenvalue weighted by Crippen LogP contribution is 2.47. The van der Waals surface area contributed by atoms with Crippen molar-refractivity contribution in [2.24, 2.45) is 0 Å². The van der Waals surface area contributed by atoms with Crippen LogP contribution in [0, 0.1) is 13.8 Å². The third-order valence-electron chi connectivity index (χ3n) is 12.3. The van der Waals surface area contributed by atoms with E-state index in [4.69, 9.17) is 0 Å². The number of fused-ring (bicyclic) bond motifs is 3. The van der Waals surface area contributed by atoms with Crippen molar-refractivity contribution in [2.75, 3.05) is 14.7 Å². The van der Waals surface area contributed by atoms with Gasteiger partial charge in [-0.3, -0.25) is 0 Å². The van der Waals surface area contributed by atoms with Crippen molar-refractivity contribution in [3.8, 4) is 22.3 Å². The van der Waals surface area contributed by atoms with Crippen LogP contribution in [0.3, 0.4) is 0 Å². The maximum Gasteiger partial charge on any atom is 0.0503 e. The van der Waals surface area contributed by atoms with E-state index < -0.39 is 0 Å². The van der Waals surface area contributed by atoms with Gasteiger partial charge in [-0.1, -0.05) is 152 Å². The number of hydrogen-bond donors (Lipinski definition) is 0. The third kappa shape index (κ3) is 8.00. The Labute approximate surface area is 391 Å². The molecule has 0 amide bonds. The van der Waals surface area contributed by atoms with Crippen LogP contribution in [0.25, 0.3) is 42.4 Å². The second-order valence-electron chi connectivity index (χ2n) is 16.8. The van der Waals surface area contributed by atoms with Gasteiger partial charge in [-0.15, -0.1) is 11.3 Å². The molecule has 0 aliphatic rings. The zero-order valence-corrected chi connectivity index (χ0v) is 37.7. The SMILES string of the molecule is Cc1cccc(N(c2ccccc2)c2cc(N(c3ccc(-c4ccccc4)cc3)c3ccc(-c4cccc5c4sc4ccccc45)cc3)cc(N(c3ccccc3)c3cccc(C)c3)c2)c1. The molecule has 66 heavy (non-hydrogen) atoms. The van der Waals surface area contributed by atoms with E-state index in [1.807, 2.05) is 11.3 Å². The fourth-order valence-corrected chi connectivity index (χ4v) is 10.4. The average Bonchev–Trinajstić information content (AvgIpc) is 3.75. The first-order valence-corrected chi connectivity index (χ1v) is 23.3. The molecule has 3 nitrogen and oxygen atoms in total. The van der Waals surface area contributed by atoms with E-state index >= 15 is 0 Å². The molecule has 0 atom stereocenters. The Hall–Kier alpha value is -8.18. The number of para-hydroxylation sites is 2. The summed E-state index contributed by atoms with van der Waals surface area (Å²) in [5, 5.41) is 2.61. The Morgan fingerprint density at radius 1 is 0.273 bits per heavy atom. The molecule has 11 rings (SSSR count). The van der Waals surface area contributed by atoms with Crippen LogP contribution in [-0.2, 0) is 0 Å². The zero-order valence-electron chi connectivity index (χ0n) is 36.9. The van der Waals surface area contributed by atoms with Crippen molar-refractivity contribution in [1.82, 2.24) is 0 Å². The molecular weight excluding hydrogens is 819 g/mol. The van der Waals surface area contributed by atoms with Crippen LogP contribution in [0.2, 0.25) is 0 Å². The van der Waals surface area contributed by atoms with Crippen molar-refractivity contribution in [2.45, 2.75) is 13.8 Å². The van der Waals surface area contributed by atoms with Gasteiger partial charge in [-0.25, -0.2) is 0 Å². The summed E-state index contributed by atoms with van der Waals surface area (Å²) in [6, 6.07) is 90.2. The van der Waals surface area contributed by atoms with Crippen molar-refractivity contribution in [3.05, 3.63) is 260 Å². The van der Waals surface area contributed by atoms with E-state index in [1.165, 1.54) is 53.6 Å². The van der Waals surface area contributed by atoms with E-state index in [2.05, 4.69) is 277 Å². The van der Waals surface area contributed by atoms with E-state index in [0.29, 0.717) is 0 Å². The molecule has 316 valence electrons. The van der Waals surface area contributed by atoms with Crippen LogP contribution < -0.4 is 14.7 Å². The maximum absolute atomic E-state index is 2.41. The number of nitrogens with zero attached hydrogens (tertiary/aromatic N) is 3. The molecule has 0 aliphatic carbocycles. The normalized spacial score (nSPS) is 11.2. The summed E-state index contributed by atoms with van der Waals surface area (Å²) in [4.78, 5) is 7.17. The van der Waals surface area contributed by atoms with E-state index in [9.17, 15) is 0 Å². The number of aryl methyl sites for hydroxylation is 2. The van der Waals surface area contributed by atoms with Gasteiger partial charge in [-0.05, 0) is 144 Å². The van der Waals surface area contributed by atoms with Gasteiger partial charge in [0.1, 0.15) is 0 Å². The minimum atomic E-state index is 1.02. The average molecular weight is 866 g/mol. The molecule has 0 unspecified atom stereocenters. The highest BCUT2D eigenvalue weighted by Gasteiger charge is 2.23. The van der Waals surface area contributed by atoms with Crippen molar-refractivity contribution in [3.63, 3.8) is 0 Å². The van der Waals surface area contributed by atoms with Gasteiger partial charge in [0, 0.05) is 54.3 Å². The number of thiophene rings is 1. The summed E-state index contributed by atoms with van der Waals surface area (Å²) in [5.41, 5.74) is 16.7. The zero-order chi connectivity index (χ0) is 44.4. The summed E-state index contributed by atoms with van der Waals surface area (Å²) in [5.74, 6) is 0. The van der Waals surface area contributed by atoms with E-state index in [1.54, 1.807) is 0 Å². The lowest BCUT2D eigenvalue weighted by molar-refractivity contribution is 1.22. The predicted molar refractivity (Wildman–Crippen MR) is 284 cm³/mol. The van der Waals surface area contributed by atoms with Gasteiger partial charge >= 0.3 is 0 Å². The summed E-state index contributed by atoms with van der Waals surface area (Å²) in [6.07, 6.45) is 0.